The number of nitriles is 1. The van der Waals surface area contributed by atoms with Crippen molar-refractivity contribution in [1.82, 2.24) is 9.72 Å². The summed E-state index contributed by atoms with van der Waals surface area (Å²) in [5.74, 6) is -1.04. The van der Waals surface area contributed by atoms with E-state index in [0.717, 1.165) is 5.52 Å². The molecule has 0 unspecified atom stereocenters. The summed E-state index contributed by atoms with van der Waals surface area (Å²) in [6, 6.07) is 13.3. The van der Waals surface area contributed by atoms with Crippen molar-refractivity contribution in [3.63, 3.8) is 0 Å². The van der Waals surface area contributed by atoms with Crippen LogP contribution in [0.3, 0.4) is 0 Å². The van der Waals surface area contributed by atoms with Gasteiger partial charge in [-0.15, -0.1) is 0 Å². The van der Waals surface area contributed by atoms with E-state index < -0.39 is 12.0 Å². The van der Waals surface area contributed by atoms with Crippen molar-refractivity contribution in [2.24, 2.45) is 5.92 Å². The average Bonchev–Trinajstić information content (AvgIpc) is 3.13. The summed E-state index contributed by atoms with van der Waals surface area (Å²) in [7, 11) is 0. The number of ether oxygens (including phenoxy) is 1. The van der Waals surface area contributed by atoms with E-state index in [1.54, 1.807) is 30.5 Å². The van der Waals surface area contributed by atoms with E-state index in [9.17, 15) is 14.9 Å². The molecule has 30 heavy (non-hydrogen) atoms. The first-order chi connectivity index (χ1) is 14.4. The van der Waals surface area contributed by atoms with Crippen LogP contribution in [0.15, 0.2) is 54.9 Å². The van der Waals surface area contributed by atoms with E-state index in [-0.39, 0.29) is 18.4 Å². The summed E-state index contributed by atoms with van der Waals surface area (Å²) in [5, 5.41) is 12.8. The van der Waals surface area contributed by atoms with Crippen molar-refractivity contribution in [3.05, 3.63) is 76.6 Å². The maximum atomic E-state index is 12.8. The minimum Gasteiger partial charge on any atom is -0.459 e. The Morgan fingerprint density at radius 3 is 2.63 bits per heavy atom. The summed E-state index contributed by atoms with van der Waals surface area (Å²) in [6.07, 6.45) is 4.28. The average molecular weight is 424 g/mol. The molecule has 2 heterocycles. The minimum absolute atomic E-state index is 0.0485. The smallest absolute Gasteiger partial charge is 0.329 e. The van der Waals surface area contributed by atoms with E-state index >= 15 is 0 Å². The molecule has 3 aromatic rings. The Kier molecular flexibility index (Phi) is 6.76. The van der Waals surface area contributed by atoms with Gasteiger partial charge in [-0.3, -0.25) is 4.79 Å². The van der Waals surface area contributed by atoms with E-state index in [2.05, 4.69) is 11.4 Å². The summed E-state index contributed by atoms with van der Waals surface area (Å²) in [6.45, 7) is 3.77. The number of amides is 1. The van der Waals surface area contributed by atoms with Gasteiger partial charge in [0, 0.05) is 28.5 Å². The molecule has 0 aliphatic heterocycles. The molecule has 2 atom stereocenters. The van der Waals surface area contributed by atoms with E-state index in [0.29, 0.717) is 28.1 Å². The third kappa shape index (κ3) is 4.64. The number of nitrogens with one attached hydrogen (secondary N) is 1. The quantitative estimate of drug-likeness (QED) is 0.572. The van der Waals surface area contributed by atoms with E-state index in [1.165, 1.54) is 0 Å². The molecule has 0 fully saturated rings. The number of fused-ring (bicyclic) bond motifs is 1. The summed E-state index contributed by atoms with van der Waals surface area (Å²) < 4.78 is 7.32. The van der Waals surface area contributed by atoms with Gasteiger partial charge < -0.3 is 14.5 Å². The fraction of sp³-hybridized carbons (Fsp3) is 0.261. The van der Waals surface area contributed by atoms with Gasteiger partial charge in [0.15, 0.2) is 0 Å². The number of hydrogen-bond acceptors (Lipinski definition) is 4. The van der Waals surface area contributed by atoms with Crippen LogP contribution in [0.5, 0.6) is 0 Å². The lowest BCUT2D eigenvalue weighted by atomic mass is 9.98. The fourth-order valence-corrected chi connectivity index (χ4v) is 3.28. The van der Waals surface area contributed by atoms with Crippen LogP contribution in [-0.2, 0) is 16.1 Å². The van der Waals surface area contributed by atoms with Crippen LogP contribution in [0.4, 0.5) is 0 Å². The second-order valence-electron chi connectivity index (χ2n) is 7.09. The molecule has 7 heteroatoms. The highest BCUT2D eigenvalue weighted by atomic mass is 35.5. The van der Waals surface area contributed by atoms with Crippen LogP contribution >= 0.6 is 11.6 Å². The first-order valence-corrected chi connectivity index (χ1v) is 10.0. The highest BCUT2D eigenvalue weighted by molar-refractivity contribution is 6.30. The predicted octanol–water partition coefficient (Wildman–Crippen LogP) is 4.35. The fourth-order valence-electron chi connectivity index (χ4n) is 3.15. The Balaban J connectivity index is 1.74. The lowest BCUT2D eigenvalue weighted by Crippen LogP contribution is -2.46. The summed E-state index contributed by atoms with van der Waals surface area (Å²) in [5.41, 5.74) is 2.24. The van der Waals surface area contributed by atoms with Crippen LogP contribution < -0.4 is 5.32 Å². The van der Waals surface area contributed by atoms with Crippen molar-refractivity contribution in [2.75, 3.05) is 0 Å². The summed E-state index contributed by atoms with van der Waals surface area (Å²) >= 11 is 5.87. The summed E-state index contributed by atoms with van der Waals surface area (Å²) in [4.78, 5) is 25.4. The maximum absolute atomic E-state index is 12.8. The van der Waals surface area contributed by atoms with Gasteiger partial charge in [-0.1, -0.05) is 37.9 Å². The molecular weight excluding hydrogens is 402 g/mol. The zero-order chi connectivity index (χ0) is 21.7. The number of benzene rings is 1. The molecule has 2 aromatic heterocycles. The van der Waals surface area contributed by atoms with Gasteiger partial charge in [0.05, 0.1) is 11.1 Å². The Labute approximate surface area is 180 Å². The van der Waals surface area contributed by atoms with Crippen LogP contribution in [0.25, 0.3) is 5.52 Å². The van der Waals surface area contributed by atoms with Gasteiger partial charge in [-0.2, -0.15) is 5.26 Å². The molecule has 0 aliphatic rings. The minimum atomic E-state index is -0.805. The van der Waals surface area contributed by atoms with Gasteiger partial charge in [-0.05, 0) is 42.3 Å². The number of hydrogen-bond donors (Lipinski definition) is 1. The van der Waals surface area contributed by atoms with Crippen LogP contribution in [-0.4, -0.2) is 22.3 Å². The van der Waals surface area contributed by atoms with Gasteiger partial charge in [0.2, 0.25) is 0 Å². The Morgan fingerprint density at radius 1 is 1.23 bits per heavy atom. The molecule has 0 spiro atoms. The number of carbonyl (C=O) groups is 2. The molecule has 0 saturated heterocycles. The van der Waals surface area contributed by atoms with Crippen molar-refractivity contribution in [2.45, 2.75) is 32.9 Å². The lowest BCUT2D eigenvalue weighted by molar-refractivity contribution is -0.148. The largest absolute Gasteiger partial charge is 0.459 e. The molecule has 0 radical (unpaired) electrons. The zero-order valence-electron chi connectivity index (χ0n) is 16.8. The molecule has 3 rings (SSSR count). The second kappa shape index (κ2) is 9.47. The Bertz CT molecular complexity index is 1100. The Morgan fingerprint density at radius 2 is 1.97 bits per heavy atom. The molecule has 0 bridgehead atoms. The van der Waals surface area contributed by atoms with Crippen LogP contribution in [0, 0.1) is 17.2 Å². The van der Waals surface area contributed by atoms with Crippen LogP contribution in [0.1, 0.15) is 41.8 Å². The monoisotopic (exact) mass is 423 g/mol. The van der Waals surface area contributed by atoms with Gasteiger partial charge in [0.25, 0.3) is 5.91 Å². The maximum Gasteiger partial charge on any atom is 0.329 e. The predicted molar refractivity (Wildman–Crippen MR) is 114 cm³/mol. The van der Waals surface area contributed by atoms with Crippen molar-refractivity contribution >= 4 is 29.0 Å². The molecule has 1 amide bonds. The first kappa shape index (κ1) is 21.4. The lowest BCUT2D eigenvalue weighted by Gasteiger charge is -2.22. The highest BCUT2D eigenvalue weighted by Gasteiger charge is 2.28. The van der Waals surface area contributed by atoms with Crippen LogP contribution in [0.2, 0.25) is 5.02 Å². The van der Waals surface area contributed by atoms with Crippen molar-refractivity contribution < 1.29 is 14.3 Å². The van der Waals surface area contributed by atoms with Gasteiger partial charge in [0.1, 0.15) is 18.7 Å². The molecule has 0 saturated carbocycles. The van der Waals surface area contributed by atoms with E-state index in [1.807, 2.05) is 42.6 Å². The molecular formula is C23H22ClN3O3. The number of nitrogens with zero attached hydrogens (tertiary/aromatic N) is 2. The molecule has 1 aromatic carbocycles. The molecule has 0 aliphatic carbocycles. The van der Waals surface area contributed by atoms with Crippen molar-refractivity contribution in [1.29, 1.82) is 5.26 Å². The normalized spacial score (nSPS) is 12.7. The third-order valence-corrected chi connectivity index (χ3v) is 5.36. The Hall–Kier alpha value is -3.30. The SMILES string of the molecule is CC[C@H](C)[C@H](NC(=O)c1ccc(Cl)cc1)C(=O)OCc1cn2ccccc2c1C#N. The first-order valence-electron chi connectivity index (χ1n) is 9.66. The zero-order valence-corrected chi connectivity index (χ0v) is 17.5. The highest BCUT2D eigenvalue weighted by Crippen LogP contribution is 2.20. The van der Waals surface area contributed by atoms with E-state index in [4.69, 9.17) is 16.3 Å². The standard InChI is InChI=1S/C23H22ClN3O3/c1-3-15(2)21(26-22(28)16-7-9-18(24)10-8-16)23(29)30-14-17-13-27-11-5-4-6-20(27)19(17)12-25/h4-11,13,15,21H,3,14H2,1-2H3,(H,26,28)/t15-,21-/m0/s1. The third-order valence-electron chi connectivity index (χ3n) is 5.10. The number of pyridine rings is 1. The second-order valence-corrected chi connectivity index (χ2v) is 7.52. The molecule has 1 N–H and O–H groups in total. The topological polar surface area (TPSA) is 83.6 Å². The molecule has 154 valence electrons. The number of rotatable bonds is 7. The van der Waals surface area contributed by atoms with Gasteiger partial charge in [-0.25, -0.2) is 4.79 Å². The number of halogens is 1. The number of aromatic nitrogens is 1. The number of carbonyl (C=O) groups excluding carboxylic acids is 2. The number of esters is 1. The molecule has 6 nitrogen and oxygen atoms in total. The van der Waals surface area contributed by atoms with Gasteiger partial charge >= 0.3 is 5.97 Å². The van der Waals surface area contributed by atoms with Crippen molar-refractivity contribution in [3.8, 4) is 6.07 Å².